The first-order valence-corrected chi connectivity index (χ1v) is 7.57. The Labute approximate surface area is 125 Å². The number of thiophene rings is 1. The molecule has 21 heavy (non-hydrogen) atoms. The zero-order chi connectivity index (χ0) is 14.8. The molecule has 3 heterocycles. The summed E-state index contributed by atoms with van der Waals surface area (Å²) in [7, 11) is 0. The Morgan fingerprint density at radius 2 is 2.29 bits per heavy atom. The third kappa shape index (κ3) is 2.56. The van der Waals surface area contributed by atoms with Crippen LogP contribution in [0.2, 0.25) is 0 Å². The van der Waals surface area contributed by atoms with E-state index in [4.69, 9.17) is 4.42 Å². The van der Waals surface area contributed by atoms with Crippen molar-refractivity contribution < 1.29 is 19.1 Å². The minimum atomic E-state index is -0.968. The maximum absolute atomic E-state index is 12.6. The maximum Gasteiger partial charge on any atom is 0.326 e. The van der Waals surface area contributed by atoms with Crippen LogP contribution < -0.4 is 0 Å². The van der Waals surface area contributed by atoms with Crippen molar-refractivity contribution in [3.63, 3.8) is 0 Å². The molecule has 1 fully saturated rings. The third-order valence-corrected chi connectivity index (χ3v) is 4.43. The van der Waals surface area contributed by atoms with E-state index in [2.05, 4.69) is 4.98 Å². The Kier molecular flexibility index (Phi) is 3.74. The van der Waals surface area contributed by atoms with Gasteiger partial charge in [0.05, 0.1) is 4.88 Å². The lowest BCUT2D eigenvalue weighted by Gasteiger charge is -2.32. The smallest absolute Gasteiger partial charge is 0.326 e. The van der Waals surface area contributed by atoms with Gasteiger partial charge in [-0.25, -0.2) is 9.78 Å². The van der Waals surface area contributed by atoms with Crippen LogP contribution in [0.4, 0.5) is 0 Å². The molecule has 2 aromatic heterocycles. The summed E-state index contributed by atoms with van der Waals surface area (Å²) in [5.41, 5.74) is 0.186. The fraction of sp³-hybridized carbons (Fsp3) is 0.357. The summed E-state index contributed by atoms with van der Waals surface area (Å²) in [6, 6.07) is 2.92. The second kappa shape index (κ2) is 5.69. The number of carboxylic acid groups (broad SMARTS) is 1. The van der Waals surface area contributed by atoms with Gasteiger partial charge in [-0.15, -0.1) is 11.3 Å². The van der Waals surface area contributed by atoms with Crippen LogP contribution in [0, 0.1) is 0 Å². The second-order valence-corrected chi connectivity index (χ2v) is 5.80. The lowest BCUT2D eigenvalue weighted by atomic mass is 10.0. The molecule has 1 N–H and O–H groups in total. The zero-order valence-electron chi connectivity index (χ0n) is 11.2. The maximum atomic E-state index is 12.6. The fourth-order valence-corrected chi connectivity index (χ4v) is 3.26. The molecule has 1 aliphatic rings. The highest BCUT2D eigenvalue weighted by atomic mass is 32.1. The van der Waals surface area contributed by atoms with Crippen LogP contribution in [0.3, 0.4) is 0 Å². The topological polar surface area (TPSA) is 83.6 Å². The quantitative estimate of drug-likeness (QED) is 0.941. The van der Waals surface area contributed by atoms with Gasteiger partial charge in [-0.05, 0) is 30.7 Å². The van der Waals surface area contributed by atoms with Crippen molar-refractivity contribution >= 4 is 23.2 Å². The molecule has 6 nitrogen and oxygen atoms in total. The van der Waals surface area contributed by atoms with Crippen LogP contribution >= 0.6 is 11.3 Å². The van der Waals surface area contributed by atoms with Crippen molar-refractivity contribution in [2.45, 2.75) is 25.3 Å². The number of carbonyl (C=O) groups is 2. The normalized spacial score (nSPS) is 18.7. The molecule has 1 saturated heterocycles. The number of hydrogen-bond acceptors (Lipinski definition) is 5. The van der Waals surface area contributed by atoms with Crippen LogP contribution in [-0.4, -0.2) is 39.5 Å². The molecule has 0 saturated carbocycles. The molecule has 0 unspecified atom stereocenters. The standard InChI is InChI=1S/C14H14N2O4S/c17-13(16-6-2-1-4-9(16)14(18)19)11-12(20-8-15-11)10-5-3-7-21-10/h3,5,7-9H,1-2,4,6H2,(H,18,19)/t9-/m1/s1. The van der Waals surface area contributed by atoms with Crippen molar-refractivity contribution in [3.8, 4) is 10.6 Å². The molecule has 7 heteroatoms. The number of likely N-dealkylation sites (tertiary alicyclic amines) is 1. The molecule has 0 aliphatic carbocycles. The Hall–Kier alpha value is -2.15. The summed E-state index contributed by atoms with van der Waals surface area (Å²) in [6.45, 7) is 0.437. The van der Waals surface area contributed by atoms with Gasteiger partial charge in [0.2, 0.25) is 0 Å². The van der Waals surface area contributed by atoms with Crippen molar-refractivity contribution in [2.24, 2.45) is 0 Å². The highest BCUT2D eigenvalue weighted by Crippen LogP contribution is 2.29. The predicted octanol–water partition coefficient (Wildman–Crippen LogP) is 2.48. The number of carbonyl (C=O) groups excluding carboxylic acids is 1. The van der Waals surface area contributed by atoms with Crippen LogP contribution in [-0.2, 0) is 4.79 Å². The third-order valence-electron chi connectivity index (χ3n) is 3.56. The van der Waals surface area contributed by atoms with E-state index in [0.717, 1.165) is 17.7 Å². The molecule has 110 valence electrons. The summed E-state index contributed by atoms with van der Waals surface area (Å²) in [6.07, 6.45) is 3.33. The predicted molar refractivity (Wildman–Crippen MR) is 76.1 cm³/mol. The number of nitrogens with zero attached hydrogens (tertiary/aromatic N) is 2. The number of hydrogen-bond donors (Lipinski definition) is 1. The molecule has 3 rings (SSSR count). The molecule has 0 spiro atoms. The molecule has 0 bridgehead atoms. The first-order chi connectivity index (χ1) is 10.2. The largest absolute Gasteiger partial charge is 0.480 e. The van der Waals surface area contributed by atoms with E-state index in [-0.39, 0.29) is 11.6 Å². The van der Waals surface area contributed by atoms with Crippen LogP contribution in [0.5, 0.6) is 0 Å². The van der Waals surface area contributed by atoms with Gasteiger partial charge < -0.3 is 14.4 Å². The monoisotopic (exact) mass is 306 g/mol. The molecule has 1 amide bonds. The number of rotatable bonds is 3. The van der Waals surface area contributed by atoms with E-state index < -0.39 is 12.0 Å². The molecular weight excluding hydrogens is 292 g/mol. The molecule has 2 aromatic rings. The number of amides is 1. The molecular formula is C14H14N2O4S. The number of aromatic nitrogens is 1. The van der Waals surface area contributed by atoms with Crippen molar-refractivity contribution in [2.75, 3.05) is 6.54 Å². The summed E-state index contributed by atoms with van der Waals surface area (Å²) in [4.78, 5) is 30.1. The summed E-state index contributed by atoms with van der Waals surface area (Å²) in [5.74, 6) is -0.937. The van der Waals surface area contributed by atoms with Crippen LogP contribution in [0.1, 0.15) is 29.8 Å². The lowest BCUT2D eigenvalue weighted by molar-refractivity contribution is -0.143. The molecule has 0 aromatic carbocycles. The first-order valence-electron chi connectivity index (χ1n) is 6.69. The Morgan fingerprint density at radius 1 is 1.43 bits per heavy atom. The lowest BCUT2D eigenvalue weighted by Crippen LogP contribution is -2.48. The summed E-state index contributed by atoms with van der Waals surface area (Å²) >= 11 is 1.45. The van der Waals surface area contributed by atoms with E-state index in [1.54, 1.807) is 0 Å². The Balaban J connectivity index is 1.92. The Morgan fingerprint density at radius 3 is 3.00 bits per heavy atom. The average molecular weight is 306 g/mol. The van der Waals surface area contributed by atoms with Gasteiger partial charge in [-0.3, -0.25) is 4.79 Å². The van der Waals surface area contributed by atoms with Gasteiger partial charge in [0.25, 0.3) is 5.91 Å². The second-order valence-electron chi connectivity index (χ2n) is 4.86. The van der Waals surface area contributed by atoms with Gasteiger partial charge in [-0.1, -0.05) is 6.07 Å². The molecule has 1 atom stereocenters. The average Bonchev–Trinajstić information content (AvgIpc) is 3.16. The van der Waals surface area contributed by atoms with Crippen molar-refractivity contribution in [3.05, 3.63) is 29.6 Å². The van der Waals surface area contributed by atoms with Gasteiger partial charge in [-0.2, -0.15) is 0 Å². The van der Waals surface area contributed by atoms with Gasteiger partial charge in [0, 0.05) is 6.54 Å². The number of piperidine rings is 1. The van der Waals surface area contributed by atoms with Crippen molar-refractivity contribution in [1.82, 2.24) is 9.88 Å². The number of aliphatic carboxylic acids is 1. The highest BCUT2D eigenvalue weighted by molar-refractivity contribution is 7.13. The van der Waals surface area contributed by atoms with E-state index in [9.17, 15) is 14.7 Å². The van der Waals surface area contributed by atoms with E-state index in [0.29, 0.717) is 18.7 Å². The van der Waals surface area contributed by atoms with Crippen LogP contribution in [0.25, 0.3) is 10.6 Å². The number of oxazole rings is 1. The highest BCUT2D eigenvalue weighted by Gasteiger charge is 2.35. The zero-order valence-corrected chi connectivity index (χ0v) is 12.0. The van der Waals surface area contributed by atoms with Gasteiger partial charge in [0.1, 0.15) is 6.04 Å². The molecule has 0 radical (unpaired) electrons. The summed E-state index contributed by atoms with van der Waals surface area (Å²) < 4.78 is 5.32. The first kappa shape index (κ1) is 13.8. The minimum Gasteiger partial charge on any atom is -0.480 e. The van der Waals surface area contributed by atoms with E-state index in [1.165, 1.54) is 22.6 Å². The van der Waals surface area contributed by atoms with Gasteiger partial charge in [0.15, 0.2) is 17.8 Å². The minimum absolute atomic E-state index is 0.186. The fourth-order valence-electron chi connectivity index (χ4n) is 2.55. The van der Waals surface area contributed by atoms with Crippen LogP contribution in [0.15, 0.2) is 28.3 Å². The number of carboxylic acids is 1. The SMILES string of the molecule is O=C(O)[C@H]1CCCCN1C(=O)c1ncoc1-c1cccs1. The Bertz CT molecular complexity index is 650. The molecule has 1 aliphatic heterocycles. The van der Waals surface area contributed by atoms with E-state index >= 15 is 0 Å². The van der Waals surface area contributed by atoms with E-state index in [1.807, 2.05) is 17.5 Å². The van der Waals surface area contributed by atoms with Crippen molar-refractivity contribution in [1.29, 1.82) is 0 Å². The summed E-state index contributed by atoms with van der Waals surface area (Å²) in [5, 5.41) is 11.2. The van der Waals surface area contributed by atoms with Gasteiger partial charge >= 0.3 is 5.97 Å².